The zero-order valence-corrected chi connectivity index (χ0v) is 9.13. The standard InChI is InChI=1S/C12H16O2/c1-9-6-5-7-10(8-9)11(13)14-12(2,3)4/h5-8H,1-4H3. The molecule has 0 heterocycles. The van der Waals surface area contributed by atoms with E-state index < -0.39 is 5.60 Å². The van der Waals surface area contributed by atoms with E-state index in [0.717, 1.165) is 5.56 Å². The largest absolute Gasteiger partial charge is 0.456 e. The summed E-state index contributed by atoms with van der Waals surface area (Å²) in [5, 5.41) is 0. The van der Waals surface area contributed by atoms with Crippen molar-refractivity contribution in [2.24, 2.45) is 0 Å². The maximum atomic E-state index is 11.6. The van der Waals surface area contributed by atoms with Crippen LogP contribution in [0.25, 0.3) is 0 Å². The lowest BCUT2D eigenvalue weighted by atomic mass is 10.1. The van der Waals surface area contributed by atoms with Gasteiger partial charge in [0.1, 0.15) is 5.60 Å². The SMILES string of the molecule is Cc1cccc(C(=O)OC(C)(C)C)c1. The lowest BCUT2D eigenvalue weighted by Gasteiger charge is -2.19. The molecule has 0 saturated carbocycles. The summed E-state index contributed by atoms with van der Waals surface area (Å²) in [5.74, 6) is -0.263. The Bertz CT molecular complexity index is 334. The molecule has 0 N–H and O–H groups in total. The van der Waals surface area contributed by atoms with Gasteiger partial charge >= 0.3 is 5.97 Å². The van der Waals surface area contributed by atoms with E-state index in [2.05, 4.69) is 0 Å². The van der Waals surface area contributed by atoms with Gasteiger partial charge in [-0.25, -0.2) is 4.79 Å². The van der Waals surface area contributed by atoms with Crippen LogP contribution in [-0.4, -0.2) is 11.6 Å². The molecule has 14 heavy (non-hydrogen) atoms. The average Bonchev–Trinajstić information content (AvgIpc) is 2.01. The van der Waals surface area contributed by atoms with Crippen LogP contribution in [0, 0.1) is 6.92 Å². The van der Waals surface area contributed by atoms with Gasteiger partial charge in [0.05, 0.1) is 5.56 Å². The van der Waals surface area contributed by atoms with Crippen molar-refractivity contribution in [1.82, 2.24) is 0 Å². The van der Waals surface area contributed by atoms with Gasteiger partial charge in [0.25, 0.3) is 0 Å². The highest BCUT2D eigenvalue weighted by Crippen LogP contribution is 2.12. The first-order valence-corrected chi connectivity index (χ1v) is 4.68. The van der Waals surface area contributed by atoms with Crippen LogP contribution < -0.4 is 0 Å². The Balaban J connectivity index is 2.80. The molecule has 0 atom stereocenters. The van der Waals surface area contributed by atoms with Gasteiger partial charge in [-0.2, -0.15) is 0 Å². The molecule has 0 aliphatic carbocycles. The number of esters is 1. The van der Waals surface area contributed by atoms with Crippen molar-refractivity contribution in [3.8, 4) is 0 Å². The quantitative estimate of drug-likeness (QED) is 0.639. The van der Waals surface area contributed by atoms with E-state index in [4.69, 9.17) is 4.74 Å². The molecular weight excluding hydrogens is 176 g/mol. The minimum Gasteiger partial charge on any atom is -0.456 e. The molecule has 0 amide bonds. The third-order valence-electron chi connectivity index (χ3n) is 1.65. The molecule has 0 aromatic heterocycles. The topological polar surface area (TPSA) is 26.3 Å². The van der Waals surface area contributed by atoms with Gasteiger partial charge in [0.2, 0.25) is 0 Å². The summed E-state index contributed by atoms with van der Waals surface area (Å²) in [4.78, 5) is 11.6. The second kappa shape index (κ2) is 3.82. The van der Waals surface area contributed by atoms with E-state index in [9.17, 15) is 4.79 Å². The number of aryl methyl sites for hydroxylation is 1. The zero-order valence-electron chi connectivity index (χ0n) is 9.13. The van der Waals surface area contributed by atoms with E-state index in [1.54, 1.807) is 6.07 Å². The molecule has 0 unspecified atom stereocenters. The van der Waals surface area contributed by atoms with Gasteiger partial charge < -0.3 is 4.74 Å². The summed E-state index contributed by atoms with van der Waals surface area (Å²) in [6, 6.07) is 7.40. The Morgan fingerprint density at radius 2 is 1.93 bits per heavy atom. The Morgan fingerprint density at radius 1 is 1.29 bits per heavy atom. The van der Waals surface area contributed by atoms with Gasteiger partial charge in [-0.1, -0.05) is 17.7 Å². The van der Waals surface area contributed by atoms with Crippen molar-refractivity contribution in [1.29, 1.82) is 0 Å². The molecule has 2 nitrogen and oxygen atoms in total. The molecule has 1 rings (SSSR count). The molecule has 0 bridgehead atoms. The Hall–Kier alpha value is -1.31. The van der Waals surface area contributed by atoms with Crippen LogP contribution in [0.2, 0.25) is 0 Å². The number of ether oxygens (including phenoxy) is 1. The zero-order chi connectivity index (χ0) is 10.8. The monoisotopic (exact) mass is 192 g/mol. The molecule has 0 radical (unpaired) electrons. The molecule has 0 fully saturated rings. The van der Waals surface area contributed by atoms with Gasteiger partial charge in [0, 0.05) is 0 Å². The Labute approximate surface area is 84.9 Å². The molecule has 0 spiro atoms. The van der Waals surface area contributed by atoms with Crippen LogP contribution in [0.1, 0.15) is 36.7 Å². The van der Waals surface area contributed by atoms with Crippen LogP contribution in [0.5, 0.6) is 0 Å². The minimum atomic E-state index is -0.430. The first-order valence-electron chi connectivity index (χ1n) is 4.68. The first kappa shape index (κ1) is 10.8. The van der Waals surface area contributed by atoms with E-state index >= 15 is 0 Å². The van der Waals surface area contributed by atoms with E-state index in [1.807, 2.05) is 45.9 Å². The maximum Gasteiger partial charge on any atom is 0.338 e. The lowest BCUT2D eigenvalue weighted by molar-refractivity contribution is 0.00694. The molecule has 0 aliphatic heterocycles. The number of carbonyl (C=O) groups is 1. The number of hydrogen-bond acceptors (Lipinski definition) is 2. The number of benzene rings is 1. The fraction of sp³-hybridized carbons (Fsp3) is 0.417. The van der Waals surface area contributed by atoms with Crippen LogP contribution in [-0.2, 0) is 4.74 Å². The summed E-state index contributed by atoms with van der Waals surface area (Å²) in [5.41, 5.74) is 1.24. The van der Waals surface area contributed by atoms with Crippen molar-refractivity contribution in [3.63, 3.8) is 0 Å². The Morgan fingerprint density at radius 3 is 2.43 bits per heavy atom. The predicted octanol–water partition coefficient (Wildman–Crippen LogP) is 2.95. The molecule has 76 valence electrons. The fourth-order valence-electron chi connectivity index (χ4n) is 1.11. The predicted molar refractivity (Wildman–Crippen MR) is 56.3 cm³/mol. The smallest absolute Gasteiger partial charge is 0.338 e. The van der Waals surface area contributed by atoms with Crippen LogP contribution in [0.15, 0.2) is 24.3 Å². The van der Waals surface area contributed by atoms with Gasteiger partial charge in [-0.15, -0.1) is 0 Å². The van der Waals surface area contributed by atoms with Crippen molar-refractivity contribution in [2.45, 2.75) is 33.3 Å². The molecule has 2 heteroatoms. The summed E-state index contributed by atoms with van der Waals surface area (Å²) >= 11 is 0. The van der Waals surface area contributed by atoms with Crippen LogP contribution in [0.4, 0.5) is 0 Å². The van der Waals surface area contributed by atoms with E-state index in [0.29, 0.717) is 5.56 Å². The van der Waals surface area contributed by atoms with Crippen LogP contribution >= 0.6 is 0 Å². The van der Waals surface area contributed by atoms with Crippen LogP contribution in [0.3, 0.4) is 0 Å². The maximum absolute atomic E-state index is 11.6. The fourth-order valence-corrected chi connectivity index (χ4v) is 1.11. The molecule has 1 aromatic rings. The van der Waals surface area contributed by atoms with Gasteiger partial charge in [-0.3, -0.25) is 0 Å². The summed E-state index contributed by atoms with van der Waals surface area (Å²) in [6.45, 7) is 7.54. The first-order chi connectivity index (χ1) is 6.38. The normalized spacial score (nSPS) is 11.1. The molecule has 0 saturated heterocycles. The molecular formula is C12H16O2. The second-order valence-electron chi connectivity index (χ2n) is 4.37. The highest BCUT2D eigenvalue weighted by molar-refractivity contribution is 5.89. The van der Waals surface area contributed by atoms with E-state index in [-0.39, 0.29) is 5.97 Å². The summed E-state index contributed by atoms with van der Waals surface area (Å²) in [7, 11) is 0. The summed E-state index contributed by atoms with van der Waals surface area (Å²) < 4.78 is 5.24. The minimum absolute atomic E-state index is 0.263. The van der Waals surface area contributed by atoms with Gasteiger partial charge in [0.15, 0.2) is 0 Å². The molecule has 1 aromatic carbocycles. The highest BCUT2D eigenvalue weighted by Gasteiger charge is 2.17. The molecule has 0 aliphatic rings. The van der Waals surface area contributed by atoms with E-state index in [1.165, 1.54) is 0 Å². The second-order valence-corrected chi connectivity index (χ2v) is 4.37. The van der Waals surface area contributed by atoms with Crippen molar-refractivity contribution in [2.75, 3.05) is 0 Å². The highest BCUT2D eigenvalue weighted by atomic mass is 16.6. The third kappa shape index (κ3) is 3.21. The third-order valence-corrected chi connectivity index (χ3v) is 1.65. The van der Waals surface area contributed by atoms with Crippen molar-refractivity contribution in [3.05, 3.63) is 35.4 Å². The average molecular weight is 192 g/mol. The number of hydrogen-bond donors (Lipinski definition) is 0. The van der Waals surface area contributed by atoms with Crippen molar-refractivity contribution >= 4 is 5.97 Å². The van der Waals surface area contributed by atoms with Gasteiger partial charge in [-0.05, 0) is 39.8 Å². The lowest BCUT2D eigenvalue weighted by Crippen LogP contribution is -2.23. The van der Waals surface area contributed by atoms with Crippen molar-refractivity contribution < 1.29 is 9.53 Å². The Kier molecular flexibility index (Phi) is 2.94. The number of rotatable bonds is 1. The summed E-state index contributed by atoms with van der Waals surface area (Å²) in [6.07, 6.45) is 0. The number of carbonyl (C=O) groups excluding carboxylic acids is 1.